The Labute approximate surface area is 144 Å². The first-order valence-electron chi connectivity index (χ1n) is 9.45. The van der Waals surface area contributed by atoms with Crippen LogP contribution < -0.4 is 5.32 Å². The van der Waals surface area contributed by atoms with Gasteiger partial charge >= 0.3 is 0 Å². The minimum Gasteiger partial charge on any atom is -0.372 e. The highest BCUT2D eigenvalue weighted by atomic mass is 16.5. The van der Waals surface area contributed by atoms with E-state index in [-0.39, 0.29) is 11.5 Å². The lowest BCUT2D eigenvalue weighted by Crippen LogP contribution is -2.66. The third kappa shape index (κ3) is 2.88. The largest absolute Gasteiger partial charge is 0.372 e. The van der Waals surface area contributed by atoms with Crippen LogP contribution in [0.4, 0.5) is 0 Å². The van der Waals surface area contributed by atoms with Crippen LogP contribution in [-0.2, 0) is 11.8 Å². The van der Waals surface area contributed by atoms with E-state index in [0.29, 0.717) is 5.92 Å². The van der Waals surface area contributed by atoms with Gasteiger partial charge in [0.2, 0.25) is 0 Å². The average Bonchev–Trinajstić information content (AvgIpc) is 3.24. The summed E-state index contributed by atoms with van der Waals surface area (Å²) in [4.78, 5) is 14.8. The highest BCUT2D eigenvalue weighted by molar-refractivity contribution is 5.92. The fourth-order valence-electron chi connectivity index (χ4n) is 4.86. The number of hydrogen-bond donors (Lipinski definition) is 1. The van der Waals surface area contributed by atoms with Gasteiger partial charge in [-0.15, -0.1) is 0 Å². The molecule has 132 valence electrons. The number of carbonyl (C=O) groups excluding carboxylic acids is 1. The maximum absolute atomic E-state index is 12.2. The zero-order chi connectivity index (χ0) is 16.6. The van der Waals surface area contributed by atoms with Gasteiger partial charge in [-0.3, -0.25) is 9.69 Å². The van der Waals surface area contributed by atoms with Crippen LogP contribution in [0.15, 0.2) is 18.3 Å². The van der Waals surface area contributed by atoms with E-state index >= 15 is 0 Å². The summed E-state index contributed by atoms with van der Waals surface area (Å²) in [5.41, 5.74) is 0.807. The van der Waals surface area contributed by atoms with Crippen molar-refractivity contribution >= 4 is 5.91 Å². The number of ether oxygens (including phenoxy) is 1. The summed E-state index contributed by atoms with van der Waals surface area (Å²) in [7, 11) is 1.90. The average molecular weight is 331 g/mol. The highest BCUT2D eigenvalue weighted by Crippen LogP contribution is 2.44. The molecule has 5 heteroatoms. The Morgan fingerprint density at radius 2 is 2.12 bits per heavy atom. The summed E-state index contributed by atoms with van der Waals surface area (Å²) in [6.45, 7) is 3.83. The number of hydrogen-bond acceptors (Lipinski definition) is 3. The number of likely N-dealkylation sites (tertiary alicyclic amines) is 1. The maximum Gasteiger partial charge on any atom is 0.267 e. The molecule has 0 aromatic carbocycles. The van der Waals surface area contributed by atoms with E-state index in [1.807, 2.05) is 29.9 Å². The SMILES string of the molecule is Cn1cccc1C(=O)NCCC1CCOC12CN(C1CCCC1)C2. The summed E-state index contributed by atoms with van der Waals surface area (Å²) in [6, 6.07) is 4.57. The van der Waals surface area contributed by atoms with Crippen molar-refractivity contribution < 1.29 is 9.53 Å². The standard InChI is InChI=1S/C19H29N3O2/c1-21-11-4-7-17(21)18(23)20-10-8-15-9-12-24-19(15)13-22(14-19)16-5-2-3-6-16/h4,7,11,15-16H,2-3,5-6,8-10,12-14H2,1H3,(H,20,23). The molecule has 1 aliphatic carbocycles. The van der Waals surface area contributed by atoms with E-state index in [4.69, 9.17) is 4.74 Å². The molecule has 1 aromatic rings. The molecule has 3 fully saturated rings. The third-order valence-electron chi connectivity index (χ3n) is 6.34. The van der Waals surface area contributed by atoms with Gasteiger partial charge in [0.05, 0.1) is 5.60 Å². The van der Waals surface area contributed by atoms with Gasteiger partial charge < -0.3 is 14.6 Å². The molecule has 5 nitrogen and oxygen atoms in total. The van der Waals surface area contributed by atoms with Crippen LogP contribution in [0.3, 0.4) is 0 Å². The Bertz CT molecular complexity index is 585. The first kappa shape index (κ1) is 16.2. The van der Waals surface area contributed by atoms with Gasteiger partial charge in [0, 0.05) is 45.5 Å². The predicted octanol–water partition coefficient (Wildman–Crippen LogP) is 2.18. The van der Waals surface area contributed by atoms with Gasteiger partial charge in [-0.05, 0) is 43.7 Å². The predicted molar refractivity (Wildman–Crippen MR) is 93.0 cm³/mol. The molecule has 3 heterocycles. The Balaban J connectivity index is 1.26. The molecule has 1 spiro atoms. The molecule has 24 heavy (non-hydrogen) atoms. The number of amides is 1. The topological polar surface area (TPSA) is 46.5 Å². The Morgan fingerprint density at radius 1 is 1.33 bits per heavy atom. The molecule has 1 amide bonds. The van der Waals surface area contributed by atoms with Crippen molar-refractivity contribution in [3.63, 3.8) is 0 Å². The lowest BCUT2D eigenvalue weighted by Gasteiger charge is -2.53. The fraction of sp³-hybridized carbons (Fsp3) is 0.737. The molecule has 2 saturated heterocycles. The number of aromatic nitrogens is 1. The van der Waals surface area contributed by atoms with Crippen LogP contribution in [0.25, 0.3) is 0 Å². The van der Waals surface area contributed by atoms with Crippen LogP contribution >= 0.6 is 0 Å². The Kier molecular flexibility index (Phi) is 4.39. The Morgan fingerprint density at radius 3 is 2.83 bits per heavy atom. The van der Waals surface area contributed by atoms with E-state index in [1.165, 1.54) is 25.7 Å². The second kappa shape index (κ2) is 6.52. The fourth-order valence-corrected chi connectivity index (χ4v) is 4.86. The lowest BCUT2D eigenvalue weighted by molar-refractivity contribution is -0.146. The highest BCUT2D eigenvalue weighted by Gasteiger charge is 2.54. The molecule has 1 saturated carbocycles. The molecule has 4 rings (SSSR count). The quantitative estimate of drug-likeness (QED) is 0.899. The zero-order valence-electron chi connectivity index (χ0n) is 14.7. The first-order chi connectivity index (χ1) is 11.7. The minimum atomic E-state index is 0.0247. The summed E-state index contributed by atoms with van der Waals surface area (Å²) >= 11 is 0. The molecule has 1 atom stereocenters. The zero-order valence-corrected chi connectivity index (χ0v) is 14.7. The summed E-state index contributed by atoms with van der Waals surface area (Å²) in [5, 5.41) is 3.08. The van der Waals surface area contributed by atoms with Crippen molar-refractivity contribution in [2.75, 3.05) is 26.2 Å². The normalized spacial score (nSPS) is 26.8. The number of nitrogens with one attached hydrogen (secondary N) is 1. The summed E-state index contributed by atoms with van der Waals surface area (Å²) < 4.78 is 8.03. The maximum atomic E-state index is 12.2. The number of rotatable bonds is 5. The van der Waals surface area contributed by atoms with E-state index < -0.39 is 0 Å². The van der Waals surface area contributed by atoms with Crippen LogP contribution in [0.5, 0.6) is 0 Å². The molecular weight excluding hydrogens is 302 g/mol. The van der Waals surface area contributed by atoms with Gasteiger partial charge in [0.1, 0.15) is 5.69 Å². The lowest BCUT2D eigenvalue weighted by atomic mass is 9.78. The summed E-state index contributed by atoms with van der Waals surface area (Å²) in [5.74, 6) is 0.612. The molecule has 1 aromatic heterocycles. The molecule has 1 N–H and O–H groups in total. The summed E-state index contributed by atoms with van der Waals surface area (Å²) in [6.07, 6.45) is 9.59. The molecule has 0 bridgehead atoms. The number of aryl methyl sites for hydroxylation is 1. The van der Waals surface area contributed by atoms with Crippen molar-refractivity contribution in [2.45, 2.75) is 50.2 Å². The number of carbonyl (C=O) groups is 1. The van der Waals surface area contributed by atoms with Gasteiger partial charge in [-0.2, -0.15) is 0 Å². The van der Waals surface area contributed by atoms with Gasteiger partial charge in [0.25, 0.3) is 5.91 Å². The van der Waals surface area contributed by atoms with Crippen LogP contribution in [0.2, 0.25) is 0 Å². The van der Waals surface area contributed by atoms with Gasteiger partial charge in [-0.25, -0.2) is 0 Å². The van der Waals surface area contributed by atoms with Gasteiger partial charge in [0.15, 0.2) is 0 Å². The van der Waals surface area contributed by atoms with Crippen LogP contribution in [-0.4, -0.2) is 53.3 Å². The van der Waals surface area contributed by atoms with Crippen molar-refractivity contribution in [3.05, 3.63) is 24.0 Å². The van der Waals surface area contributed by atoms with Crippen LogP contribution in [0.1, 0.15) is 49.0 Å². The van der Waals surface area contributed by atoms with Crippen molar-refractivity contribution in [1.82, 2.24) is 14.8 Å². The van der Waals surface area contributed by atoms with Crippen molar-refractivity contribution in [3.8, 4) is 0 Å². The molecule has 3 aliphatic rings. The second-order valence-electron chi connectivity index (χ2n) is 7.79. The smallest absolute Gasteiger partial charge is 0.267 e. The van der Waals surface area contributed by atoms with Crippen LogP contribution in [0, 0.1) is 5.92 Å². The second-order valence-corrected chi connectivity index (χ2v) is 7.79. The van der Waals surface area contributed by atoms with Gasteiger partial charge in [-0.1, -0.05) is 12.8 Å². The van der Waals surface area contributed by atoms with E-state index in [9.17, 15) is 4.79 Å². The Hall–Kier alpha value is -1.33. The molecule has 2 aliphatic heterocycles. The molecule has 0 radical (unpaired) electrons. The monoisotopic (exact) mass is 331 g/mol. The first-order valence-corrected chi connectivity index (χ1v) is 9.45. The minimum absolute atomic E-state index is 0.0247. The van der Waals surface area contributed by atoms with E-state index in [0.717, 1.165) is 50.8 Å². The third-order valence-corrected chi connectivity index (χ3v) is 6.34. The number of nitrogens with zero attached hydrogens (tertiary/aromatic N) is 2. The van der Waals surface area contributed by atoms with E-state index in [1.54, 1.807) is 0 Å². The molecular formula is C19H29N3O2. The van der Waals surface area contributed by atoms with Crippen molar-refractivity contribution in [2.24, 2.45) is 13.0 Å². The van der Waals surface area contributed by atoms with E-state index in [2.05, 4.69) is 10.2 Å². The molecule has 1 unspecified atom stereocenters. The van der Waals surface area contributed by atoms with Crippen molar-refractivity contribution in [1.29, 1.82) is 0 Å².